The van der Waals surface area contributed by atoms with Crippen LogP contribution in [-0.4, -0.2) is 19.2 Å². The number of rotatable bonds is 2. The number of benzene rings is 2. The molecule has 1 N–H and O–H groups in total. The lowest BCUT2D eigenvalue weighted by molar-refractivity contribution is -0.000215. The number of morpholine rings is 1. The first kappa shape index (κ1) is 14.2. The van der Waals surface area contributed by atoms with Crippen LogP contribution in [0.4, 0.5) is 8.78 Å². The van der Waals surface area contributed by atoms with E-state index in [4.69, 9.17) is 4.74 Å². The third-order valence-corrected chi connectivity index (χ3v) is 3.80. The number of hydrogen-bond acceptors (Lipinski definition) is 2. The zero-order valence-corrected chi connectivity index (χ0v) is 11.8. The zero-order valence-electron chi connectivity index (χ0n) is 11.8. The van der Waals surface area contributed by atoms with Crippen LogP contribution in [0.2, 0.25) is 0 Å². The maximum absolute atomic E-state index is 13.8. The van der Waals surface area contributed by atoms with Crippen molar-refractivity contribution < 1.29 is 13.5 Å². The van der Waals surface area contributed by atoms with Crippen LogP contribution in [0.25, 0.3) is 11.1 Å². The maximum atomic E-state index is 13.8. The van der Waals surface area contributed by atoms with E-state index in [9.17, 15) is 8.78 Å². The monoisotopic (exact) mass is 289 g/mol. The van der Waals surface area contributed by atoms with Gasteiger partial charge in [-0.05, 0) is 30.2 Å². The molecule has 110 valence electrons. The minimum atomic E-state index is -0.566. The van der Waals surface area contributed by atoms with Crippen molar-refractivity contribution in [1.29, 1.82) is 0 Å². The van der Waals surface area contributed by atoms with Crippen molar-refractivity contribution in [2.24, 2.45) is 0 Å². The predicted molar refractivity (Wildman–Crippen MR) is 78.0 cm³/mol. The second-order valence-corrected chi connectivity index (χ2v) is 5.28. The fraction of sp³-hybridized carbons (Fsp3) is 0.294. The molecule has 0 radical (unpaired) electrons. The van der Waals surface area contributed by atoms with Crippen LogP contribution in [0, 0.1) is 11.6 Å². The molecule has 0 spiro atoms. The number of ether oxygens (including phenoxy) is 1. The van der Waals surface area contributed by atoms with E-state index in [1.54, 1.807) is 0 Å². The van der Waals surface area contributed by atoms with Gasteiger partial charge in [-0.1, -0.05) is 24.3 Å². The molecule has 4 heteroatoms. The van der Waals surface area contributed by atoms with Gasteiger partial charge < -0.3 is 10.1 Å². The Morgan fingerprint density at radius 1 is 1.10 bits per heavy atom. The largest absolute Gasteiger partial charge is 0.371 e. The van der Waals surface area contributed by atoms with Crippen LogP contribution in [0.5, 0.6) is 0 Å². The summed E-state index contributed by atoms with van der Waals surface area (Å²) in [6.07, 6.45) is 0.00543. The van der Waals surface area contributed by atoms with Gasteiger partial charge in [-0.2, -0.15) is 0 Å². The van der Waals surface area contributed by atoms with Crippen molar-refractivity contribution in [3.63, 3.8) is 0 Å². The van der Waals surface area contributed by atoms with Gasteiger partial charge in [0.05, 0.1) is 12.7 Å². The molecule has 0 aromatic heterocycles. The molecule has 3 rings (SSSR count). The highest BCUT2D eigenvalue weighted by Gasteiger charge is 2.23. The van der Waals surface area contributed by atoms with E-state index < -0.39 is 11.6 Å². The molecular weight excluding hydrogens is 272 g/mol. The van der Waals surface area contributed by atoms with Gasteiger partial charge >= 0.3 is 0 Å². The van der Waals surface area contributed by atoms with E-state index in [1.807, 2.05) is 24.3 Å². The summed E-state index contributed by atoms with van der Waals surface area (Å²) in [4.78, 5) is 0. The topological polar surface area (TPSA) is 21.3 Å². The van der Waals surface area contributed by atoms with Crippen LogP contribution in [-0.2, 0) is 4.74 Å². The Labute approximate surface area is 122 Å². The Morgan fingerprint density at radius 2 is 1.86 bits per heavy atom. The second-order valence-electron chi connectivity index (χ2n) is 5.28. The third kappa shape index (κ3) is 2.96. The van der Waals surface area contributed by atoms with Crippen molar-refractivity contribution >= 4 is 0 Å². The first-order valence-electron chi connectivity index (χ1n) is 7.05. The van der Waals surface area contributed by atoms with Gasteiger partial charge in [0.15, 0.2) is 0 Å². The third-order valence-electron chi connectivity index (χ3n) is 3.80. The predicted octanol–water partition coefficient (Wildman–Crippen LogP) is 3.68. The highest BCUT2D eigenvalue weighted by Crippen LogP contribution is 2.28. The zero-order chi connectivity index (χ0) is 14.8. The van der Waals surface area contributed by atoms with Crippen molar-refractivity contribution in [2.45, 2.75) is 19.1 Å². The van der Waals surface area contributed by atoms with E-state index in [-0.39, 0.29) is 12.1 Å². The standard InChI is InChI=1S/C17H17F2NO/c1-11-17(21-9-8-20-11)13-4-2-12(3-5-13)15-7-6-14(18)10-16(15)19/h2-7,10-11,17,20H,8-9H2,1H3/t11-,17+/m0/s1. The normalized spacial score (nSPS) is 22.2. The minimum Gasteiger partial charge on any atom is -0.371 e. The quantitative estimate of drug-likeness (QED) is 0.910. The average molecular weight is 289 g/mol. The molecule has 2 aromatic carbocycles. The van der Waals surface area contributed by atoms with Crippen LogP contribution < -0.4 is 5.32 Å². The summed E-state index contributed by atoms with van der Waals surface area (Å²) in [6, 6.07) is 11.4. The van der Waals surface area contributed by atoms with Gasteiger partial charge in [-0.15, -0.1) is 0 Å². The Bertz CT molecular complexity index is 627. The van der Waals surface area contributed by atoms with Crippen LogP contribution in [0.3, 0.4) is 0 Å². The average Bonchev–Trinajstić information content (AvgIpc) is 2.48. The highest BCUT2D eigenvalue weighted by atomic mass is 19.1. The molecule has 0 amide bonds. The molecule has 0 bridgehead atoms. The van der Waals surface area contributed by atoms with Crippen molar-refractivity contribution in [1.82, 2.24) is 5.32 Å². The number of nitrogens with one attached hydrogen (secondary N) is 1. The van der Waals surface area contributed by atoms with E-state index in [1.165, 1.54) is 12.1 Å². The molecule has 21 heavy (non-hydrogen) atoms. The van der Waals surface area contributed by atoms with Gasteiger partial charge in [0.1, 0.15) is 11.6 Å². The molecule has 1 aliphatic heterocycles. The molecule has 1 saturated heterocycles. The van der Waals surface area contributed by atoms with E-state index in [0.717, 1.165) is 23.7 Å². The number of hydrogen-bond donors (Lipinski definition) is 1. The molecule has 2 nitrogen and oxygen atoms in total. The molecule has 2 aromatic rings. The minimum absolute atomic E-state index is 0.00543. The van der Waals surface area contributed by atoms with Crippen molar-refractivity contribution in [3.05, 3.63) is 59.7 Å². The summed E-state index contributed by atoms with van der Waals surface area (Å²) in [5.41, 5.74) is 2.19. The fourth-order valence-corrected chi connectivity index (χ4v) is 2.68. The molecule has 0 aliphatic carbocycles. The summed E-state index contributed by atoms with van der Waals surface area (Å²) in [5, 5.41) is 3.37. The maximum Gasteiger partial charge on any atom is 0.133 e. The lowest BCUT2D eigenvalue weighted by atomic mass is 9.98. The van der Waals surface area contributed by atoms with Crippen LogP contribution in [0.1, 0.15) is 18.6 Å². The molecule has 0 unspecified atom stereocenters. The van der Waals surface area contributed by atoms with Gasteiger partial charge in [0, 0.05) is 24.2 Å². The lowest BCUT2D eigenvalue weighted by Gasteiger charge is -2.30. The van der Waals surface area contributed by atoms with Gasteiger partial charge in [-0.3, -0.25) is 0 Å². The Morgan fingerprint density at radius 3 is 2.52 bits per heavy atom. The van der Waals surface area contributed by atoms with Crippen LogP contribution >= 0.6 is 0 Å². The molecular formula is C17H17F2NO. The van der Waals surface area contributed by atoms with Crippen molar-refractivity contribution in [2.75, 3.05) is 13.2 Å². The summed E-state index contributed by atoms with van der Waals surface area (Å²) in [5.74, 6) is -1.12. The Balaban J connectivity index is 1.86. The summed E-state index contributed by atoms with van der Waals surface area (Å²) < 4.78 is 32.5. The first-order chi connectivity index (χ1) is 10.1. The molecule has 0 saturated carbocycles. The van der Waals surface area contributed by atoms with E-state index >= 15 is 0 Å². The van der Waals surface area contributed by atoms with Crippen LogP contribution in [0.15, 0.2) is 42.5 Å². The molecule has 1 aliphatic rings. The summed E-state index contributed by atoms with van der Waals surface area (Å²) >= 11 is 0. The SMILES string of the molecule is C[C@@H]1NCCO[C@H]1c1ccc(-c2ccc(F)cc2F)cc1. The Hall–Kier alpha value is -1.78. The number of halogens is 2. The smallest absolute Gasteiger partial charge is 0.133 e. The Kier molecular flexibility index (Phi) is 3.99. The molecule has 2 atom stereocenters. The van der Waals surface area contributed by atoms with E-state index in [0.29, 0.717) is 12.2 Å². The summed E-state index contributed by atoms with van der Waals surface area (Å²) in [7, 11) is 0. The van der Waals surface area contributed by atoms with Gasteiger partial charge in [-0.25, -0.2) is 8.78 Å². The van der Waals surface area contributed by atoms with Gasteiger partial charge in [0.2, 0.25) is 0 Å². The summed E-state index contributed by atoms with van der Waals surface area (Å²) in [6.45, 7) is 3.62. The fourth-order valence-electron chi connectivity index (χ4n) is 2.68. The van der Waals surface area contributed by atoms with Gasteiger partial charge in [0.25, 0.3) is 0 Å². The molecule has 1 heterocycles. The first-order valence-corrected chi connectivity index (χ1v) is 7.05. The second kappa shape index (κ2) is 5.92. The van der Waals surface area contributed by atoms with E-state index in [2.05, 4.69) is 12.2 Å². The lowest BCUT2D eigenvalue weighted by Crippen LogP contribution is -2.41. The molecule has 1 fully saturated rings. The van der Waals surface area contributed by atoms with Crippen molar-refractivity contribution in [3.8, 4) is 11.1 Å². The highest BCUT2D eigenvalue weighted by molar-refractivity contribution is 5.64.